The topological polar surface area (TPSA) is 33.1 Å². The first-order valence-corrected chi connectivity index (χ1v) is 6.45. The van der Waals surface area contributed by atoms with Gasteiger partial charge >= 0.3 is 0 Å². The molecule has 17 heavy (non-hydrogen) atoms. The Hall–Kier alpha value is -0.870. The fraction of sp³-hybridized carbons (Fsp3) is 0.769. The Morgan fingerprint density at radius 3 is 2.76 bits per heavy atom. The van der Waals surface area contributed by atoms with E-state index in [2.05, 4.69) is 40.7 Å². The molecule has 1 heterocycles. The van der Waals surface area contributed by atoms with Gasteiger partial charge in [-0.1, -0.05) is 13.8 Å². The van der Waals surface area contributed by atoms with Crippen molar-refractivity contribution in [3.05, 3.63) is 18.2 Å². The van der Waals surface area contributed by atoms with Crippen LogP contribution in [0.5, 0.6) is 0 Å². The Labute approximate surface area is 105 Å². The first-order valence-electron chi connectivity index (χ1n) is 6.45. The van der Waals surface area contributed by atoms with Gasteiger partial charge in [0.15, 0.2) is 0 Å². The number of imidazole rings is 1. The third-order valence-corrected chi connectivity index (χ3v) is 2.86. The summed E-state index contributed by atoms with van der Waals surface area (Å²) in [6, 6.07) is 0. The van der Waals surface area contributed by atoms with Gasteiger partial charge in [0, 0.05) is 45.5 Å². The Morgan fingerprint density at radius 1 is 1.41 bits per heavy atom. The van der Waals surface area contributed by atoms with E-state index in [9.17, 15) is 0 Å². The first-order chi connectivity index (χ1) is 8.09. The monoisotopic (exact) mass is 238 g/mol. The van der Waals surface area contributed by atoms with Crippen LogP contribution in [0.25, 0.3) is 0 Å². The number of aromatic nitrogens is 2. The molecule has 0 aliphatic rings. The van der Waals surface area contributed by atoms with Crippen molar-refractivity contribution in [2.24, 2.45) is 13.0 Å². The van der Waals surface area contributed by atoms with Crippen molar-refractivity contribution < 1.29 is 0 Å². The molecule has 1 aromatic heterocycles. The predicted molar refractivity (Wildman–Crippen MR) is 72.1 cm³/mol. The summed E-state index contributed by atoms with van der Waals surface area (Å²) in [5.74, 6) is 1.89. The van der Waals surface area contributed by atoms with Crippen LogP contribution in [0.4, 0.5) is 0 Å². The average Bonchev–Trinajstić information content (AvgIpc) is 2.67. The number of nitrogens with zero attached hydrogens (tertiary/aromatic N) is 3. The molecule has 1 rings (SSSR count). The molecule has 0 saturated heterocycles. The summed E-state index contributed by atoms with van der Waals surface area (Å²) in [4.78, 5) is 6.68. The molecule has 0 atom stereocenters. The zero-order valence-electron chi connectivity index (χ0n) is 11.6. The third kappa shape index (κ3) is 5.84. The number of aryl methyl sites for hydroxylation is 1. The van der Waals surface area contributed by atoms with Gasteiger partial charge < -0.3 is 14.8 Å². The van der Waals surface area contributed by atoms with Gasteiger partial charge in [-0.2, -0.15) is 0 Å². The second kappa shape index (κ2) is 7.45. The van der Waals surface area contributed by atoms with Gasteiger partial charge in [-0.05, 0) is 19.5 Å². The van der Waals surface area contributed by atoms with Crippen molar-refractivity contribution in [2.45, 2.75) is 20.3 Å². The predicted octanol–water partition coefficient (Wildman–Crippen LogP) is 1.14. The van der Waals surface area contributed by atoms with Crippen LogP contribution >= 0.6 is 0 Å². The molecule has 0 aliphatic heterocycles. The maximum atomic E-state index is 4.33. The van der Waals surface area contributed by atoms with E-state index >= 15 is 0 Å². The third-order valence-electron chi connectivity index (χ3n) is 2.86. The summed E-state index contributed by atoms with van der Waals surface area (Å²) >= 11 is 0. The summed E-state index contributed by atoms with van der Waals surface area (Å²) in [5.41, 5.74) is 0. The molecule has 0 fully saturated rings. The highest BCUT2D eigenvalue weighted by Crippen LogP contribution is 1.96. The van der Waals surface area contributed by atoms with E-state index < -0.39 is 0 Å². The summed E-state index contributed by atoms with van der Waals surface area (Å²) in [7, 11) is 4.21. The van der Waals surface area contributed by atoms with Crippen LogP contribution in [-0.2, 0) is 13.5 Å². The summed E-state index contributed by atoms with van der Waals surface area (Å²) in [5, 5.41) is 3.46. The number of likely N-dealkylation sites (N-methyl/N-ethyl adjacent to an activating group) is 1. The highest BCUT2D eigenvalue weighted by Gasteiger charge is 2.02. The molecule has 1 aromatic rings. The molecule has 0 unspecified atom stereocenters. The lowest BCUT2D eigenvalue weighted by molar-refractivity contribution is 0.329. The van der Waals surface area contributed by atoms with E-state index in [0.29, 0.717) is 0 Å². The molecular weight excluding hydrogens is 212 g/mol. The van der Waals surface area contributed by atoms with Crippen molar-refractivity contribution in [3.63, 3.8) is 0 Å². The maximum absolute atomic E-state index is 4.33. The SMILES string of the molecule is CC(C)CNCCN(C)CCc1nccn1C. The molecule has 0 amide bonds. The average molecular weight is 238 g/mol. The Balaban J connectivity index is 2.09. The second-order valence-electron chi connectivity index (χ2n) is 5.11. The van der Waals surface area contributed by atoms with E-state index in [1.54, 1.807) is 0 Å². The van der Waals surface area contributed by atoms with E-state index in [-0.39, 0.29) is 0 Å². The van der Waals surface area contributed by atoms with Crippen LogP contribution in [0.15, 0.2) is 12.4 Å². The minimum atomic E-state index is 0.730. The molecule has 0 aromatic carbocycles. The Morgan fingerprint density at radius 2 is 2.18 bits per heavy atom. The van der Waals surface area contributed by atoms with Crippen LogP contribution < -0.4 is 5.32 Å². The molecule has 4 heteroatoms. The standard InChI is InChI=1S/C13H26N4/c1-12(2)11-14-6-9-16(3)8-5-13-15-7-10-17(13)4/h7,10,12,14H,5-6,8-9,11H2,1-4H3. The number of nitrogens with one attached hydrogen (secondary N) is 1. The van der Waals surface area contributed by atoms with E-state index in [4.69, 9.17) is 0 Å². The Bertz CT molecular complexity index is 306. The first kappa shape index (κ1) is 14.2. The highest BCUT2D eigenvalue weighted by molar-refractivity contribution is 4.91. The molecule has 0 bridgehead atoms. The smallest absolute Gasteiger partial charge is 0.109 e. The van der Waals surface area contributed by atoms with Gasteiger partial charge in [-0.25, -0.2) is 4.98 Å². The molecular formula is C13H26N4. The van der Waals surface area contributed by atoms with Crippen LogP contribution in [-0.4, -0.2) is 47.7 Å². The lowest BCUT2D eigenvalue weighted by Gasteiger charge is -2.17. The van der Waals surface area contributed by atoms with Crippen LogP contribution in [0.3, 0.4) is 0 Å². The fourth-order valence-corrected chi connectivity index (χ4v) is 1.70. The largest absolute Gasteiger partial charge is 0.338 e. The van der Waals surface area contributed by atoms with Crippen molar-refractivity contribution in [1.82, 2.24) is 19.8 Å². The Kier molecular flexibility index (Phi) is 6.22. The quantitative estimate of drug-likeness (QED) is 0.690. The van der Waals surface area contributed by atoms with Gasteiger partial charge in [0.25, 0.3) is 0 Å². The van der Waals surface area contributed by atoms with Crippen molar-refractivity contribution in [1.29, 1.82) is 0 Å². The molecule has 98 valence electrons. The molecule has 0 aliphatic carbocycles. The summed E-state index contributed by atoms with van der Waals surface area (Å²) in [6.07, 6.45) is 4.88. The van der Waals surface area contributed by atoms with Gasteiger partial charge in [-0.15, -0.1) is 0 Å². The van der Waals surface area contributed by atoms with Crippen molar-refractivity contribution >= 4 is 0 Å². The van der Waals surface area contributed by atoms with Gasteiger partial charge in [0.1, 0.15) is 5.82 Å². The normalized spacial score (nSPS) is 11.6. The van der Waals surface area contributed by atoms with Gasteiger partial charge in [-0.3, -0.25) is 0 Å². The van der Waals surface area contributed by atoms with Crippen molar-refractivity contribution in [3.8, 4) is 0 Å². The van der Waals surface area contributed by atoms with Gasteiger partial charge in [0.2, 0.25) is 0 Å². The van der Waals surface area contributed by atoms with Crippen LogP contribution in [0.2, 0.25) is 0 Å². The fourth-order valence-electron chi connectivity index (χ4n) is 1.70. The minimum Gasteiger partial charge on any atom is -0.338 e. The minimum absolute atomic E-state index is 0.730. The van der Waals surface area contributed by atoms with Crippen LogP contribution in [0.1, 0.15) is 19.7 Å². The second-order valence-corrected chi connectivity index (χ2v) is 5.11. The summed E-state index contributed by atoms with van der Waals surface area (Å²) in [6.45, 7) is 8.80. The molecule has 0 spiro atoms. The lowest BCUT2D eigenvalue weighted by Crippen LogP contribution is -2.32. The number of hydrogen-bond acceptors (Lipinski definition) is 3. The molecule has 0 saturated carbocycles. The van der Waals surface area contributed by atoms with Gasteiger partial charge in [0.05, 0.1) is 0 Å². The number of hydrogen-bond donors (Lipinski definition) is 1. The number of rotatable bonds is 8. The van der Waals surface area contributed by atoms with E-state index in [0.717, 1.165) is 44.3 Å². The summed E-state index contributed by atoms with van der Waals surface area (Å²) < 4.78 is 2.09. The van der Waals surface area contributed by atoms with E-state index in [1.165, 1.54) is 0 Å². The zero-order chi connectivity index (χ0) is 12.7. The van der Waals surface area contributed by atoms with Crippen molar-refractivity contribution in [2.75, 3.05) is 33.2 Å². The molecule has 0 radical (unpaired) electrons. The highest BCUT2D eigenvalue weighted by atomic mass is 15.1. The lowest BCUT2D eigenvalue weighted by atomic mass is 10.2. The maximum Gasteiger partial charge on any atom is 0.109 e. The molecule has 4 nitrogen and oxygen atoms in total. The molecule has 1 N–H and O–H groups in total. The van der Waals surface area contributed by atoms with E-state index in [1.807, 2.05) is 19.4 Å². The van der Waals surface area contributed by atoms with Crippen LogP contribution in [0, 0.1) is 5.92 Å². The zero-order valence-corrected chi connectivity index (χ0v) is 11.6.